The van der Waals surface area contributed by atoms with Crippen LogP contribution in [0, 0.1) is 0 Å². The van der Waals surface area contributed by atoms with E-state index in [4.69, 9.17) is 4.74 Å². The summed E-state index contributed by atoms with van der Waals surface area (Å²) in [6, 6.07) is 25.9. The van der Waals surface area contributed by atoms with Gasteiger partial charge in [-0.25, -0.2) is 4.79 Å². The fraction of sp³-hybridized carbons (Fsp3) is 0.355. The second kappa shape index (κ2) is 15.8. The zero-order valence-corrected chi connectivity index (χ0v) is 22.8. The predicted octanol–water partition coefficient (Wildman–Crippen LogP) is 7.63. The Morgan fingerprint density at radius 3 is 2.27 bits per heavy atom. The molecular weight excluding hydrogens is 480 g/mol. The Labute approximate surface area is 225 Å². The first-order chi connectivity index (χ1) is 18.1. The molecular formula is C31H38N2O3S. The molecule has 3 rings (SSSR count). The quantitative estimate of drug-likeness (QED) is 0.176. The number of ether oxygens (including phenoxy) is 1. The number of unbranched alkanes of at least 4 members (excludes halogenated alkanes) is 4. The van der Waals surface area contributed by atoms with Crippen molar-refractivity contribution in [2.45, 2.75) is 68.7 Å². The van der Waals surface area contributed by atoms with Crippen LogP contribution in [0.15, 0.2) is 88.7 Å². The summed E-state index contributed by atoms with van der Waals surface area (Å²) >= 11 is 1.62. The molecule has 0 aliphatic carbocycles. The summed E-state index contributed by atoms with van der Waals surface area (Å²) in [5.74, 6) is -0.220. The van der Waals surface area contributed by atoms with Crippen molar-refractivity contribution in [2.75, 3.05) is 18.1 Å². The lowest BCUT2D eigenvalue weighted by molar-refractivity contribution is -0.142. The van der Waals surface area contributed by atoms with Gasteiger partial charge in [0.1, 0.15) is 0 Å². The van der Waals surface area contributed by atoms with E-state index in [1.165, 1.54) is 19.3 Å². The van der Waals surface area contributed by atoms with Gasteiger partial charge < -0.3 is 10.1 Å². The van der Waals surface area contributed by atoms with Crippen LogP contribution in [-0.4, -0.2) is 25.2 Å². The maximum absolute atomic E-state index is 13.3. The minimum atomic E-state index is -0.220. The van der Waals surface area contributed by atoms with E-state index in [1.807, 2.05) is 84.6 Å². The lowest BCUT2D eigenvalue weighted by Crippen LogP contribution is -2.40. The molecule has 0 radical (unpaired) electrons. The van der Waals surface area contributed by atoms with Crippen molar-refractivity contribution in [1.82, 2.24) is 5.32 Å². The van der Waals surface area contributed by atoms with Crippen molar-refractivity contribution >= 4 is 29.4 Å². The number of nitrogens with one attached hydrogen (secondary N) is 1. The molecule has 0 saturated carbocycles. The van der Waals surface area contributed by atoms with Gasteiger partial charge in [-0.1, -0.05) is 92.9 Å². The molecule has 0 heterocycles. The van der Waals surface area contributed by atoms with Crippen molar-refractivity contribution in [1.29, 1.82) is 0 Å². The van der Waals surface area contributed by atoms with E-state index in [0.717, 1.165) is 39.4 Å². The number of rotatable bonds is 14. The fourth-order valence-electron chi connectivity index (χ4n) is 4.04. The molecule has 6 heteroatoms. The van der Waals surface area contributed by atoms with E-state index in [9.17, 15) is 9.59 Å². The van der Waals surface area contributed by atoms with Crippen molar-refractivity contribution in [3.63, 3.8) is 0 Å². The highest BCUT2D eigenvalue weighted by Gasteiger charge is 2.16. The Morgan fingerprint density at radius 1 is 0.811 bits per heavy atom. The third-order valence-electron chi connectivity index (χ3n) is 5.93. The molecule has 0 fully saturated rings. The summed E-state index contributed by atoms with van der Waals surface area (Å²) < 4.78 is 5.08. The average molecular weight is 519 g/mol. The zero-order chi connectivity index (χ0) is 26.3. The molecule has 0 aliphatic rings. The monoisotopic (exact) mass is 518 g/mol. The number of benzene rings is 3. The van der Waals surface area contributed by atoms with Gasteiger partial charge in [-0.05, 0) is 54.8 Å². The fourth-order valence-corrected chi connectivity index (χ4v) is 4.99. The summed E-state index contributed by atoms with van der Waals surface area (Å²) in [5.41, 5.74) is 2.88. The number of nitrogens with zero attached hydrogens (tertiary/aromatic N) is 1. The van der Waals surface area contributed by atoms with Crippen LogP contribution in [0.4, 0.5) is 10.5 Å². The zero-order valence-electron chi connectivity index (χ0n) is 21.9. The first-order valence-electron chi connectivity index (χ1n) is 13.2. The van der Waals surface area contributed by atoms with Crippen LogP contribution in [0.2, 0.25) is 0 Å². The van der Waals surface area contributed by atoms with Crippen molar-refractivity contribution in [2.24, 2.45) is 0 Å². The maximum atomic E-state index is 13.3. The molecule has 0 aliphatic heterocycles. The third kappa shape index (κ3) is 9.96. The van der Waals surface area contributed by atoms with Gasteiger partial charge in [0, 0.05) is 28.6 Å². The third-order valence-corrected chi connectivity index (χ3v) is 6.91. The van der Waals surface area contributed by atoms with Crippen molar-refractivity contribution < 1.29 is 14.3 Å². The van der Waals surface area contributed by atoms with Gasteiger partial charge in [0.2, 0.25) is 0 Å². The minimum Gasteiger partial charge on any atom is -0.466 e. The highest BCUT2D eigenvalue weighted by atomic mass is 32.2. The molecule has 3 aromatic carbocycles. The molecule has 0 atom stereocenters. The van der Waals surface area contributed by atoms with Crippen LogP contribution >= 0.6 is 11.8 Å². The number of hydrogen-bond donors (Lipinski definition) is 1. The summed E-state index contributed by atoms with van der Waals surface area (Å²) in [6.07, 6.45) is 5.94. The Hall–Kier alpha value is -3.25. The predicted molar refractivity (Wildman–Crippen MR) is 152 cm³/mol. The molecule has 3 aromatic rings. The molecule has 0 bridgehead atoms. The lowest BCUT2D eigenvalue weighted by atomic mass is 10.1. The van der Waals surface area contributed by atoms with E-state index in [0.29, 0.717) is 19.7 Å². The number of urea groups is 1. The lowest BCUT2D eigenvalue weighted by Gasteiger charge is -2.24. The number of hydrogen-bond acceptors (Lipinski definition) is 4. The highest BCUT2D eigenvalue weighted by Crippen LogP contribution is 2.31. The van der Waals surface area contributed by atoms with Crippen molar-refractivity contribution in [3.8, 4) is 0 Å². The molecule has 0 saturated heterocycles. The van der Waals surface area contributed by atoms with Crippen LogP contribution in [0.25, 0.3) is 0 Å². The molecule has 0 spiro atoms. The van der Waals surface area contributed by atoms with Gasteiger partial charge in [0.25, 0.3) is 0 Å². The number of carbonyl (C=O) groups is 2. The van der Waals surface area contributed by atoms with Crippen LogP contribution in [0.5, 0.6) is 0 Å². The Balaban J connectivity index is 1.71. The summed E-state index contributed by atoms with van der Waals surface area (Å²) in [6.45, 7) is 5.57. The molecule has 196 valence electrons. The molecule has 1 N–H and O–H groups in total. The van der Waals surface area contributed by atoms with Crippen LogP contribution in [0.3, 0.4) is 0 Å². The smallest absolute Gasteiger partial charge is 0.322 e. The SMILES string of the molecule is CCCCCCCN(C(=O)NCc1ccccc1)c1cccc(Sc2cccc(CC(=O)OCC)c2)c1. The topological polar surface area (TPSA) is 58.6 Å². The summed E-state index contributed by atoms with van der Waals surface area (Å²) in [4.78, 5) is 29.1. The Morgan fingerprint density at radius 2 is 1.51 bits per heavy atom. The second-order valence-corrected chi connectivity index (χ2v) is 10.1. The van der Waals surface area contributed by atoms with Gasteiger partial charge in [-0.15, -0.1) is 0 Å². The summed E-state index contributed by atoms with van der Waals surface area (Å²) in [5, 5.41) is 3.09. The first-order valence-corrected chi connectivity index (χ1v) is 14.0. The van der Waals surface area contributed by atoms with Crippen LogP contribution < -0.4 is 10.2 Å². The van der Waals surface area contributed by atoms with E-state index < -0.39 is 0 Å². The molecule has 0 aromatic heterocycles. The maximum Gasteiger partial charge on any atom is 0.322 e. The molecule has 0 unspecified atom stereocenters. The largest absolute Gasteiger partial charge is 0.466 e. The second-order valence-electron chi connectivity index (χ2n) is 8.94. The Kier molecular flexibility index (Phi) is 12.1. The minimum absolute atomic E-state index is 0.0853. The van der Waals surface area contributed by atoms with Gasteiger partial charge in [0.15, 0.2) is 0 Å². The number of anilines is 1. The van der Waals surface area contributed by atoms with E-state index in [1.54, 1.807) is 11.8 Å². The average Bonchev–Trinajstić information content (AvgIpc) is 2.90. The molecule has 5 nitrogen and oxygen atoms in total. The van der Waals surface area contributed by atoms with Crippen LogP contribution in [0.1, 0.15) is 57.1 Å². The number of amides is 2. The van der Waals surface area contributed by atoms with Gasteiger partial charge in [0.05, 0.1) is 13.0 Å². The molecule has 2 amide bonds. The van der Waals surface area contributed by atoms with E-state index >= 15 is 0 Å². The molecule has 37 heavy (non-hydrogen) atoms. The van der Waals surface area contributed by atoms with Gasteiger partial charge in [-0.2, -0.15) is 0 Å². The number of carbonyl (C=O) groups excluding carboxylic acids is 2. The Bertz CT molecular complexity index is 1120. The standard InChI is InChI=1S/C31H38N2O3S/c1-3-5-6-7-11-20-33(31(35)32-24-25-14-9-8-10-15-25)27-17-13-19-29(23-27)37-28-18-12-16-26(21-28)22-30(34)36-4-2/h8-10,12-19,21,23H,3-7,11,20,22,24H2,1-2H3,(H,32,35). The van der Waals surface area contributed by atoms with Crippen molar-refractivity contribution in [3.05, 3.63) is 90.0 Å². The first kappa shape index (κ1) is 28.3. The summed E-state index contributed by atoms with van der Waals surface area (Å²) in [7, 11) is 0. The van der Waals surface area contributed by atoms with E-state index in [2.05, 4.69) is 18.3 Å². The number of esters is 1. The van der Waals surface area contributed by atoms with Gasteiger partial charge in [-0.3, -0.25) is 9.69 Å². The highest BCUT2D eigenvalue weighted by molar-refractivity contribution is 7.99. The normalized spacial score (nSPS) is 10.6. The van der Waals surface area contributed by atoms with Gasteiger partial charge >= 0.3 is 12.0 Å². The van der Waals surface area contributed by atoms with Crippen LogP contribution in [-0.2, 0) is 22.5 Å². The van der Waals surface area contributed by atoms with E-state index in [-0.39, 0.29) is 18.4 Å².